The number of nitrogens with zero attached hydrogens (tertiary/aromatic N) is 2. The summed E-state index contributed by atoms with van der Waals surface area (Å²) >= 11 is 11.9. The first-order valence-corrected chi connectivity index (χ1v) is 17.1. The van der Waals surface area contributed by atoms with E-state index in [1.165, 1.54) is 24.3 Å². The van der Waals surface area contributed by atoms with E-state index in [4.69, 9.17) is 32.2 Å². The molecule has 240 valence electrons. The third kappa shape index (κ3) is 6.85. The molecule has 2 heterocycles. The van der Waals surface area contributed by atoms with Gasteiger partial charge in [-0.25, -0.2) is 9.59 Å². The Labute approximate surface area is 275 Å². The zero-order valence-corrected chi connectivity index (χ0v) is 26.8. The fourth-order valence-corrected chi connectivity index (χ4v) is 7.34. The van der Waals surface area contributed by atoms with E-state index in [0.29, 0.717) is 27.8 Å². The SMILES string of the molecule is O=c1o[nH][n+](-c2ccc(Cc3ccc(-[n+]4[nH]oc(=O)c4S(=O)(=O)Nc4cccc(Cl)c4)cc3)cc2)c1S(=O)(=O)Nc1cccc(Cl)c1. The average Bonchev–Trinajstić information content (AvgIpc) is 3.61. The summed E-state index contributed by atoms with van der Waals surface area (Å²) in [5, 5.41) is 3.90. The van der Waals surface area contributed by atoms with E-state index in [2.05, 4.69) is 20.0 Å². The molecule has 0 radical (unpaired) electrons. The topological polar surface area (TPSA) is 192 Å². The van der Waals surface area contributed by atoms with Gasteiger partial charge in [0.25, 0.3) is 0 Å². The molecule has 0 fully saturated rings. The third-order valence-corrected chi connectivity index (χ3v) is 9.87. The Morgan fingerprint density at radius 1 is 0.596 bits per heavy atom. The van der Waals surface area contributed by atoms with Gasteiger partial charge in [0.2, 0.25) is 11.4 Å². The van der Waals surface area contributed by atoms with E-state index >= 15 is 0 Å². The van der Waals surface area contributed by atoms with Crippen molar-refractivity contribution in [2.45, 2.75) is 16.5 Å². The van der Waals surface area contributed by atoms with Crippen LogP contribution in [-0.4, -0.2) is 27.4 Å². The Hall–Kier alpha value is -5.16. The van der Waals surface area contributed by atoms with Crippen LogP contribution in [-0.2, 0) is 26.5 Å². The highest BCUT2D eigenvalue weighted by Crippen LogP contribution is 2.20. The number of H-pyrrole nitrogens is 2. The molecule has 4 aromatic carbocycles. The standard InChI is InChI=1S/C29H20Cl2N6O8S2/c30-20-3-1-5-22(16-20)32-46(40,41)26-28(38)44-34-36(26)24-11-7-18(8-12-24)15-19-9-13-25(14-10-19)37-27(29(39)45-35-37)47(42,43)33-23-6-2-4-21(31)17-23/h1-14,16-17,32-33H,15H2/p+2. The first-order valence-electron chi connectivity index (χ1n) is 13.4. The fraction of sp³-hybridized carbons (Fsp3) is 0.0345. The number of anilines is 2. The molecule has 6 aromatic rings. The molecule has 0 spiro atoms. The Bertz CT molecular complexity index is 2270. The summed E-state index contributed by atoms with van der Waals surface area (Å²) in [5.41, 5.74) is 0.393. The van der Waals surface area contributed by atoms with E-state index in [1.54, 1.807) is 72.8 Å². The van der Waals surface area contributed by atoms with Crippen molar-refractivity contribution in [3.8, 4) is 11.4 Å². The lowest BCUT2D eigenvalue weighted by molar-refractivity contribution is -0.705. The zero-order chi connectivity index (χ0) is 33.3. The van der Waals surface area contributed by atoms with Gasteiger partial charge in [-0.05, 0) is 73.9 Å². The molecule has 0 amide bonds. The summed E-state index contributed by atoms with van der Waals surface area (Å²) in [6.07, 6.45) is 0.433. The van der Waals surface area contributed by atoms with E-state index in [-0.39, 0.29) is 11.4 Å². The summed E-state index contributed by atoms with van der Waals surface area (Å²) in [6.45, 7) is 0. The molecule has 4 N–H and O–H groups in total. The molecular formula is C29H22Cl2N6O8S2+2. The van der Waals surface area contributed by atoms with Gasteiger partial charge >= 0.3 is 41.3 Å². The monoisotopic (exact) mass is 716 g/mol. The van der Waals surface area contributed by atoms with E-state index in [0.717, 1.165) is 20.5 Å². The van der Waals surface area contributed by atoms with Crippen LogP contribution in [0.25, 0.3) is 11.4 Å². The minimum Gasteiger partial charge on any atom is -0.281 e. The summed E-state index contributed by atoms with van der Waals surface area (Å²) in [5.74, 6) is 0. The Morgan fingerprint density at radius 3 is 1.34 bits per heavy atom. The molecule has 0 aliphatic heterocycles. The molecule has 18 heteroatoms. The van der Waals surface area contributed by atoms with Crippen LogP contribution >= 0.6 is 23.2 Å². The maximum Gasteiger partial charge on any atom is 0.449 e. The summed E-state index contributed by atoms with van der Waals surface area (Å²) in [6, 6.07) is 25.4. The van der Waals surface area contributed by atoms with Gasteiger partial charge in [-0.3, -0.25) is 18.5 Å². The number of benzene rings is 4. The molecule has 0 saturated heterocycles. The number of halogens is 2. The molecule has 0 saturated carbocycles. The number of nitrogens with one attached hydrogen (secondary N) is 4. The minimum atomic E-state index is -4.37. The Morgan fingerprint density at radius 2 is 0.979 bits per heavy atom. The highest BCUT2D eigenvalue weighted by Gasteiger charge is 2.38. The van der Waals surface area contributed by atoms with Gasteiger partial charge in [0.1, 0.15) is 0 Å². The van der Waals surface area contributed by atoms with Crippen LogP contribution in [0.2, 0.25) is 10.0 Å². The van der Waals surface area contributed by atoms with Gasteiger partial charge in [-0.2, -0.15) is 16.8 Å². The third-order valence-electron chi connectivity index (χ3n) is 6.67. The summed E-state index contributed by atoms with van der Waals surface area (Å²) in [7, 11) is -8.74. The Kier molecular flexibility index (Phi) is 8.50. The number of rotatable bonds is 10. The van der Waals surface area contributed by atoms with Crippen LogP contribution in [0, 0.1) is 0 Å². The van der Waals surface area contributed by atoms with E-state index in [1.807, 2.05) is 0 Å². The molecule has 6 rings (SSSR count). The normalized spacial score (nSPS) is 11.8. The summed E-state index contributed by atoms with van der Waals surface area (Å²) in [4.78, 5) is 24.8. The number of aromatic amines is 2. The van der Waals surface area contributed by atoms with Crippen molar-refractivity contribution < 1.29 is 35.2 Å². The van der Waals surface area contributed by atoms with Gasteiger partial charge in [0.05, 0.1) is 11.4 Å². The van der Waals surface area contributed by atoms with Crippen LogP contribution in [0.5, 0.6) is 0 Å². The maximum atomic E-state index is 13.1. The zero-order valence-electron chi connectivity index (χ0n) is 23.7. The van der Waals surface area contributed by atoms with Gasteiger partial charge in [0.15, 0.2) is 0 Å². The largest absolute Gasteiger partial charge is 0.449 e. The second-order valence-corrected chi connectivity index (χ2v) is 14.1. The highest BCUT2D eigenvalue weighted by atomic mass is 35.5. The molecular weight excluding hydrogens is 695 g/mol. The first-order chi connectivity index (χ1) is 22.4. The van der Waals surface area contributed by atoms with Gasteiger partial charge in [0, 0.05) is 34.3 Å². The lowest BCUT2D eigenvalue weighted by Crippen LogP contribution is -2.42. The van der Waals surface area contributed by atoms with Crippen molar-refractivity contribution in [2.75, 3.05) is 9.44 Å². The van der Waals surface area contributed by atoms with E-state index in [9.17, 15) is 26.4 Å². The predicted octanol–water partition coefficient (Wildman–Crippen LogP) is 3.30. The molecule has 0 bridgehead atoms. The molecule has 2 aromatic heterocycles. The number of aromatic nitrogens is 4. The first kappa shape index (κ1) is 31.8. The van der Waals surface area contributed by atoms with Crippen molar-refractivity contribution in [1.29, 1.82) is 0 Å². The molecule has 47 heavy (non-hydrogen) atoms. The Balaban J connectivity index is 1.20. The van der Waals surface area contributed by atoms with Crippen molar-refractivity contribution in [2.24, 2.45) is 0 Å². The van der Waals surface area contributed by atoms with Crippen LogP contribution < -0.4 is 30.1 Å². The van der Waals surface area contributed by atoms with Crippen LogP contribution in [0.4, 0.5) is 11.4 Å². The maximum absolute atomic E-state index is 13.1. The van der Waals surface area contributed by atoms with Gasteiger partial charge in [-0.1, -0.05) is 59.6 Å². The fourth-order valence-electron chi connectivity index (χ4n) is 4.60. The molecule has 0 aliphatic carbocycles. The average molecular weight is 718 g/mol. The predicted molar refractivity (Wildman–Crippen MR) is 169 cm³/mol. The highest BCUT2D eigenvalue weighted by molar-refractivity contribution is 7.92. The number of sulfonamides is 2. The molecule has 14 nitrogen and oxygen atoms in total. The van der Waals surface area contributed by atoms with Crippen molar-refractivity contribution in [3.63, 3.8) is 0 Å². The second-order valence-electron chi connectivity index (χ2n) is 9.98. The van der Waals surface area contributed by atoms with E-state index < -0.39 is 41.3 Å². The van der Waals surface area contributed by atoms with Gasteiger partial charge in [-0.15, -0.1) is 0 Å². The lowest BCUT2D eigenvalue weighted by Gasteiger charge is -2.05. The van der Waals surface area contributed by atoms with Crippen molar-refractivity contribution in [1.82, 2.24) is 10.5 Å². The van der Waals surface area contributed by atoms with Crippen molar-refractivity contribution in [3.05, 3.63) is 139 Å². The smallest absolute Gasteiger partial charge is 0.281 e. The van der Waals surface area contributed by atoms with Crippen LogP contribution in [0.1, 0.15) is 11.1 Å². The van der Waals surface area contributed by atoms with Gasteiger partial charge < -0.3 is 0 Å². The second kappa shape index (κ2) is 12.6. The minimum absolute atomic E-state index is 0.163. The molecule has 0 atom stereocenters. The van der Waals surface area contributed by atoms with Crippen molar-refractivity contribution >= 4 is 54.6 Å². The summed E-state index contributed by atoms with van der Waals surface area (Å²) < 4.78 is 68.5. The van der Waals surface area contributed by atoms with Crippen LogP contribution in [0.15, 0.2) is 126 Å². The number of hydrogen-bond acceptors (Lipinski definition) is 8. The lowest BCUT2D eigenvalue weighted by atomic mass is 10.0. The molecule has 0 unspecified atom stereocenters. The molecule has 0 aliphatic rings. The number of hydrogen-bond donors (Lipinski definition) is 4. The quantitative estimate of drug-likeness (QED) is 0.155. The van der Waals surface area contributed by atoms with Crippen LogP contribution in [0.3, 0.4) is 0 Å².